The van der Waals surface area contributed by atoms with Crippen molar-refractivity contribution in [2.24, 2.45) is 0 Å². The van der Waals surface area contributed by atoms with Crippen LogP contribution in [-0.2, 0) is 13.1 Å². The Kier molecular flexibility index (Phi) is 4.72. The van der Waals surface area contributed by atoms with Gasteiger partial charge in [0.05, 0.1) is 36.5 Å². The smallest absolute Gasteiger partial charge is 0.314 e. The molecule has 0 N–H and O–H groups in total. The third-order valence-electron chi connectivity index (χ3n) is 4.34. The maximum absolute atomic E-state index is 12.8. The highest BCUT2D eigenvalue weighted by Crippen LogP contribution is 2.30. The first-order valence-corrected chi connectivity index (χ1v) is 8.67. The van der Waals surface area contributed by atoms with Crippen molar-refractivity contribution in [1.82, 2.24) is 20.1 Å². The first kappa shape index (κ1) is 18.0. The molecule has 28 heavy (non-hydrogen) atoms. The van der Waals surface area contributed by atoms with E-state index in [4.69, 9.17) is 9.15 Å². The van der Waals surface area contributed by atoms with Crippen molar-refractivity contribution in [3.8, 4) is 17.2 Å². The molecule has 1 aliphatic heterocycles. The van der Waals surface area contributed by atoms with E-state index >= 15 is 0 Å². The Morgan fingerprint density at radius 3 is 2.86 bits per heavy atom. The fourth-order valence-corrected chi connectivity index (χ4v) is 3.05. The Labute approximate surface area is 159 Å². The number of hydrogen-bond acceptors (Lipinski definition) is 6. The van der Waals surface area contributed by atoms with E-state index in [1.54, 1.807) is 11.0 Å². The molecule has 0 spiro atoms. The molecule has 9 heteroatoms. The number of carbonyl (C=O) groups is 1. The average Bonchev–Trinajstić information content (AvgIpc) is 3.29. The summed E-state index contributed by atoms with van der Waals surface area (Å²) < 4.78 is 35.8. The number of carbonyl (C=O) groups excluding carboxylic acids is 1. The van der Waals surface area contributed by atoms with E-state index in [1.165, 1.54) is 6.20 Å². The number of rotatable bonds is 6. The number of aromatic nitrogens is 3. The number of amides is 1. The molecule has 7 nitrogen and oxygen atoms in total. The van der Waals surface area contributed by atoms with Crippen molar-refractivity contribution in [2.45, 2.75) is 26.4 Å². The van der Waals surface area contributed by atoms with Gasteiger partial charge < -0.3 is 14.1 Å². The van der Waals surface area contributed by atoms with Crippen LogP contribution in [0.4, 0.5) is 8.78 Å². The van der Waals surface area contributed by atoms with Crippen LogP contribution in [0.5, 0.6) is 5.75 Å². The molecule has 4 rings (SSSR count). The van der Waals surface area contributed by atoms with Gasteiger partial charge in [-0.05, 0) is 19.1 Å². The minimum absolute atomic E-state index is 0.0986. The molecule has 0 saturated carbocycles. The first-order chi connectivity index (χ1) is 13.6. The molecule has 1 aromatic carbocycles. The number of benzene rings is 1. The number of ether oxygens (including phenoxy) is 1. The van der Waals surface area contributed by atoms with Gasteiger partial charge in [0.25, 0.3) is 11.8 Å². The lowest BCUT2D eigenvalue weighted by Crippen LogP contribution is -2.23. The zero-order chi connectivity index (χ0) is 19.7. The second-order valence-corrected chi connectivity index (χ2v) is 6.17. The zero-order valence-corrected chi connectivity index (χ0v) is 14.9. The molecular formula is C19H16F2N4O3. The molecule has 0 atom stereocenters. The number of pyridine rings is 1. The molecular weight excluding hydrogens is 370 g/mol. The van der Waals surface area contributed by atoms with Crippen LogP contribution < -0.4 is 4.74 Å². The lowest BCUT2D eigenvalue weighted by molar-refractivity contribution is 0.0765. The highest BCUT2D eigenvalue weighted by molar-refractivity contribution is 5.98. The molecule has 0 fully saturated rings. The van der Waals surface area contributed by atoms with E-state index in [9.17, 15) is 13.6 Å². The van der Waals surface area contributed by atoms with Crippen molar-refractivity contribution in [1.29, 1.82) is 0 Å². The standard InChI is InChI=1S/C19H16F2N4O3/c1-2-27-15-6-4-3-5-11(15)9-25-10-14-13(19(25)26)7-12(8-22-14)17-23-24-18(28-17)16(20)21/h3-8,16H,2,9-10H2,1H3. The second kappa shape index (κ2) is 7.34. The van der Waals surface area contributed by atoms with Crippen molar-refractivity contribution in [2.75, 3.05) is 6.61 Å². The van der Waals surface area contributed by atoms with Crippen LogP contribution in [0, 0.1) is 0 Å². The van der Waals surface area contributed by atoms with Crippen molar-refractivity contribution >= 4 is 5.91 Å². The molecule has 144 valence electrons. The summed E-state index contributed by atoms with van der Waals surface area (Å²) >= 11 is 0. The quantitative estimate of drug-likeness (QED) is 0.644. The monoisotopic (exact) mass is 386 g/mol. The number of fused-ring (bicyclic) bond motifs is 1. The molecule has 2 aromatic heterocycles. The van der Waals surface area contributed by atoms with Crippen LogP contribution in [0.15, 0.2) is 40.9 Å². The molecule has 1 amide bonds. The molecule has 3 heterocycles. The molecule has 1 aliphatic rings. The van der Waals surface area contributed by atoms with Crippen LogP contribution in [0.1, 0.15) is 40.9 Å². The number of nitrogens with zero attached hydrogens (tertiary/aromatic N) is 4. The maximum atomic E-state index is 12.8. The largest absolute Gasteiger partial charge is 0.494 e. The van der Waals surface area contributed by atoms with Crippen LogP contribution in [0.3, 0.4) is 0 Å². The highest BCUT2D eigenvalue weighted by atomic mass is 19.3. The molecule has 0 radical (unpaired) electrons. The summed E-state index contributed by atoms with van der Waals surface area (Å²) in [6.45, 7) is 3.15. The third kappa shape index (κ3) is 3.30. The van der Waals surface area contributed by atoms with E-state index in [0.29, 0.717) is 36.5 Å². The Bertz CT molecular complexity index is 1020. The minimum Gasteiger partial charge on any atom is -0.494 e. The van der Waals surface area contributed by atoms with Gasteiger partial charge in [0, 0.05) is 11.8 Å². The molecule has 0 aliphatic carbocycles. The lowest BCUT2D eigenvalue weighted by Gasteiger charge is -2.17. The van der Waals surface area contributed by atoms with E-state index in [-0.39, 0.29) is 11.8 Å². The molecule has 0 bridgehead atoms. The third-order valence-corrected chi connectivity index (χ3v) is 4.34. The number of hydrogen-bond donors (Lipinski definition) is 0. The van der Waals surface area contributed by atoms with E-state index in [0.717, 1.165) is 11.3 Å². The number of halogens is 2. The van der Waals surface area contributed by atoms with Gasteiger partial charge in [0.1, 0.15) is 5.75 Å². The SMILES string of the molecule is CCOc1ccccc1CN1Cc2ncc(-c3nnc(C(F)F)o3)cc2C1=O. The Morgan fingerprint density at radius 1 is 1.29 bits per heavy atom. The van der Waals surface area contributed by atoms with E-state index in [1.807, 2.05) is 31.2 Å². The summed E-state index contributed by atoms with van der Waals surface area (Å²) in [5.41, 5.74) is 2.21. The van der Waals surface area contributed by atoms with E-state index in [2.05, 4.69) is 15.2 Å². The fraction of sp³-hybridized carbons (Fsp3) is 0.263. The Hall–Kier alpha value is -3.36. The summed E-state index contributed by atoms with van der Waals surface area (Å²) in [6, 6.07) is 9.07. The van der Waals surface area contributed by atoms with Gasteiger partial charge in [-0.2, -0.15) is 8.78 Å². The molecule has 3 aromatic rings. The van der Waals surface area contributed by atoms with Crippen molar-refractivity contribution in [3.63, 3.8) is 0 Å². The summed E-state index contributed by atoms with van der Waals surface area (Å²) in [5, 5.41) is 6.90. The van der Waals surface area contributed by atoms with E-state index < -0.39 is 12.3 Å². The molecule has 0 saturated heterocycles. The topological polar surface area (TPSA) is 81.3 Å². The minimum atomic E-state index is -2.86. The number of alkyl halides is 2. The number of para-hydroxylation sites is 1. The van der Waals surface area contributed by atoms with Gasteiger partial charge in [0.2, 0.25) is 5.89 Å². The van der Waals surface area contributed by atoms with Gasteiger partial charge in [0.15, 0.2) is 0 Å². The highest BCUT2D eigenvalue weighted by Gasteiger charge is 2.30. The normalized spacial score (nSPS) is 13.3. The second-order valence-electron chi connectivity index (χ2n) is 6.17. The predicted molar refractivity (Wildman–Crippen MR) is 93.7 cm³/mol. The van der Waals surface area contributed by atoms with Crippen LogP contribution in [-0.4, -0.2) is 32.6 Å². The average molecular weight is 386 g/mol. The molecule has 0 unspecified atom stereocenters. The summed E-state index contributed by atoms with van der Waals surface area (Å²) in [7, 11) is 0. The van der Waals surface area contributed by atoms with Gasteiger partial charge in [-0.15, -0.1) is 10.2 Å². The zero-order valence-electron chi connectivity index (χ0n) is 14.9. The van der Waals surface area contributed by atoms with Crippen LogP contribution >= 0.6 is 0 Å². The first-order valence-electron chi connectivity index (χ1n) is 8.67. The fourth-order valence-electron chi connectivity index (χ4n) is 3.05. The van der Waals surface area contributed by atoms with Gasteiger partial charge in [-0.25, -0.2) is 0 Å². The Balaban J connectivity index is 1.57. The van der Waals surface area contributed by atoms with Crippen molar-refractivity contribution in [3.05, 3.63) is 59.2 Å². The van der Waals surface area contributed by atoms with Crippen LogP contribution in [0.2, 0.25) is 0 Å². The van der Waals surface area contributed by atoms with Gasteiger partial charge >= 0.3 is 6.43 Å². The maximum Gasteiger partial charge on any atom is 0.314 e. The van der Waals surface area contributed by atoms with Gasteiger partial charge in [-0.3, -0.25) is 9.78 Å². The summed E-state index contributed by atoms with van der Waals surface area (Å²) in [6.07, 6.45) is -1.42. The van der Waals surface area contributed by atoms with Gasteiger partial charge in [-0.1, -0.05) is 18.2 Å². The summed E-state index contributed by atoms with van der Waals surface area (Å²) in [4.78, 5) is 18.8. The van der Waals surface area contributed by atoms with Crippen LogP contribution in [0.25, 0.3) is 11.5 Å². The predicted octanol–water partition coefficient (Wildman–Crippen LogP) is 3.62. The lowest BCUT2D eigenvalue weighted by atomic mass is 10.1. The Morgan fingerprint density at radius 2 is 2.11 bits per heavy atom. The van der Waals surface area contributed by atoms with Crippen molar-refractivity contribution < 1.29 is 22.7 Å². The summed E-state index contributed by atoms with van der Waals surface area (Å²) in [5.74, 6) is -0.341.